The van der Waals surface area contributed by atoms with Crippen LogP contribution < -0.4 is 14.7 Å². The second-order valence-electron chi connectivity index (χ2n) is 13.6. The fourth-order valence-electron chi connectivity index (χ4n) is 8.33. The van der Waals surface area contributed by atoms with Crippen LogP contribution in [0.2, 0.25) is 0 Å². The average Bonchev–Trinajstić information content (AvgIpc) is 3.87. The summed E-state index contributed by atoms with van der Waals surface area (Å²) in [6.45, 7) is 4.86. The molecule has 0 radical (unpaired) electrons. The molecule has 0 saturated carbocycles. The lowest BCUT2D eigenvalue weighted by molar-refractivity contribution is 0.244. The van der Waals surface area contributed by atoms with Crippen LogP contribution in [0.4, 0.5) is 17.1 Å². The topological polar surface area (TPSA) is 19.4 Å². The maximum atomic E-state index is 2.61. The molecule has 0 spiro atoms. The lowest BCUT2D eigenvalue weighted by Gasteiger charge is -2.39. The fraction of sp³-hybridized carbons (Fsp3) is 0.268. The molecule has 3 unspecified atom stereocenters. The van der Waals surface area contributed by atoms with Crippen LogP contribution in [0.1, 0.15) is 40.5 Å². The van der Waals surface area contributed by atoms with Crippen LogP contribution >= 0.6 is 0 Å². The number of rotatable bonds is 7. The molecule has 0 aliphatic carbocycles. The predicted octanol–water partition coefficient (Wildman–Crippen LogP) is 7.48. The SMILES string of the molecule is C1=CN(c2ccccc2)CN1CCc1cc2cc(c1)C1CC(CN3C=CN(c4ccccc4)C3)c3ccccc3N3C=CN(CC2)C13. The fourth-order valence-corrected chi connectivity index (χ4v) is 8.33. The van der Waals surface area contributed by atoms with Crippen LogP contribution in [0, 0.1) is 0 Å². The Labute approximate surface area is 278 Å². The molecular weight excluding hydrogens is 576 g/mol. The summed E-state index contributed by atoms with van der Waals surface area (Å²) in [7, 11) is 0. The largest absolute Gasteiger partial charge is 0.358 e. The molecule has 6 nitrogen and oxygen atoms in total. The zero-order chi connectivity index (χ0) is 31.2. The van der Waals surface area contributed by atoms with Gasteiger partial charge in [0.1, 0.15) is 6.17 Å². The van der Waals surface area contributed by atoms with Gasteiger partial charge in [-0.05, 0) is 71.8 Å². The standard InChI is InChI=1S/C41H42N6/c1-3-9-36(10-4-1)45-21-19-42(30-45)17-15-32-25-33-16-18-44-23-24-47-40-14-8-7-13-38(40)35(28-39(41(44)47)34(26-32)27-33)29-43-20-22-46(31-43)37-11-5-2-6-12-37/h1-14,19-27,35,39,41H,15-18,28-31H2. The van der Waals surface area contributed by atoms with E-state index in [9.17, 15) is 0 Å². The summed E-state index contributed by atoms with van der Waals surface area (Å²) < 4.78 is 0. The molecule has 4 aromatic carbocycles. The molecule has 0 saturated heterocycles. The van der Waals surface area contributed by atoms with E-state index >= 15 is 0 Å². The molecule has 0 amide bonds. The number of benzene rings is 4. The van der Waals surface area contributed by atoms with Crippen LogP contribution in [0.5, 0.6) is 0 Å². The molecule has 5 aliphatic heterocycles. The highest BCUT2D eigenvalue weighted by Crippen LogP contribution is 2.47. The molecule has 236 valence electrons. The quantitative estimate of drug-likeness (QED) is 0.213. The smallest absolute Gasteiger partial charge is 0.112 e. The van der Waals surface area contributed by atoms with Gasteiger partial charge < -0.3 is 29.4 Å². The van der Waals surface area contributed by atoms with Crippen molar-refractivity contribution < 1.29 is 0 Å². The van der Waals surface area contributed by atoms with Gasteiger partial charge in [0.15, 0.2) is 0 Å². The summed E-state index contributed by atoms with van der Waals surface area (Å²) >= 11 is 0. The molecule has 0 fully saturated rings. The van der Waals surface area contributed by atoms with E-state index in [1.807, 2.05) is 0 Å². The van der Waals surface area contributed by atoms with Crippen LogP contribution in [0.15, 0.2) is 140 Å². The van der Waals surface area contributed by atoms with Crippen molar-refractivity contribution in [1.29, 1.82) is 0 Å². The molecule has 6 heteroatoms. The van der Waals surface area contributed by atoms with Gasteiger partial charge in [-0.1, -0.05) is 72.8 Å². The Bertz CT molecular complexity index is 1820. The lowest BCUT2D eigenvalue weighted by atomic mass is 9.81. The highest BCUT2D eigenvalue weighted by Gasteiger charge is 2.42. The summed E-state index contributed by atoms with van der Waals surface area (Å²) in [5.41, 5.74) is 9.78. The predicted molar refractivity (Wildman–Crippen MR) is 192 cm³/mol. The van der Waals surface area contributed by atoms with E-state index in [4.69, 9.17) is 0 Å². The second-order valence-corrected chi connectivity index (χ2v) is 13.6. The Balaban J connectivity index is 0.979. The molecule has 0 N–H and O–H groups in total. The number of hydrogen-bond acceptors (Lipinski definition) is 6. The molecule has 0 aromatic heterocycles. The normalized spacial score (nSPS) is 22.4. The maximum Gasteiger partial charge on any atom is 0.112 e. The first kappa shape index (κ1) is 28.1. The highest BCUT2D eigenvalue weighted by molar-refractivity contribution is 5.62. The van der Waals surface area contributed by atoms with E-state index in [1.54, 1.807) is 0 Å². The highest BCUT2D eigenvalue weighted by atomic mass is 15.4. The molecule has 3 atom stereocenters. The molecule has 5 heterocycles. The van der Waals surface area contributed by atoms with Gasteiger partial charge in [-0.3, -0.25) is 0 Å². The molecular formula is C41H42N6. The van der Waals surface area contributed by atoms with Gasteiger partial charge in [0, 0.05) is 85.7 Å². The molecule has 2 bridgehead atoms. The van der Waals surface area contributed by atoms with Gasteiger partial charge >= 0.3 is 0 Å². The van der Waals surface area contributed by atoms with Gasteiger partial charge in [-0.25, -0.2) is 0 Å². The Morgan fingerprint density at radius 1 is 0.638 bits per heavy atom. The first-order chi connectivity index (χ1) is 23.2. The van der Waals surface area contributed by atoms with Crippen LogP contribution in [0.25, 0.3) is 0 Å². The van der Waals surface area contributed by atoms with Crippen LogP contribution in [0.3, 0.4) is 0 Å². The van der Waals surface area contributed by atoms with Crippen molar-refractivity contribution in [2.45, 2.75) is 37.3 Å². The summed E-state index contributed by atoms with van der Waals surface area (Å²) in [5.74, 6) is 0.820. The van der Waals surface area contributed by atoms with Crippen molar-refractivity contribution in [2.75, 3.05) is 47.7 Å². The Kier molecular flexibility index (Phi) is 7.14. The van der Waals surface area contributed by atoms with Gasteiger partial charge in [0.2, 0.25) is 0 Å². The zero-order valence-corrected chi connectivity index (χ0v) is 26.9. The molecule has 5 aliphatic rings. The minimum atomic E-state index is 0.306. The first-order valence-electron chi connectivity index (χ1n) is 17.2. The minimum Gasteiger partial charge on any atom is -0.358 e. The van der Waals surface area contributed by atoms with Crippen molar-refractivity contribution in [1.82, 2.24) is 14.7 Å². The van der Waals surface area contributed by atoms with E-state index in [1.165, 1.54) is 39.3 Å². The second kappa shape index (κ2) is 11.9. The first-order valence-corrected chi connectivity index (χ1v) is 17.2. The van der Waals surface area contributed by atoms with Gasteiger partial charge in [-0.2, -0.15) is 0 Å². The Morgan fingerprint density at radius 2 is 1.34 bits per heavy atom. The molecule has 9 rings (SSSR count). The lowest BCUT2D eigenvalue weighted by Crippen LogP contribution is -2.44. The van der Waals surface area contributed by atoms with E-state index < -0.39 is 0 Å². The van der Waals surface area contributed by atoms with Crippen molar-refractivity contribution >= 4 is 17.1 Å². The summed E-state index contributed by atoms with van der Waals surface area (Å²) in [6.07, 6.45) is 17.2. The van der Waals surface area contributed by atoms with E-state index in [-0.39, 0.29) is 0 Å². The molecule has 4 aromatic rings. The van der Waals surface area contributed by atoms with E-state index in [0.717, 1.165) is 52.2 Å². The van der Waals surface area contributed by atoms with Crippen molar-refractivity contribution in [3.63, 3.8) is 0 Å². The van der Waals surface area contributed by atoms with E-state index in [0.29, 0.717) is 18.0 Å². The third kappa shape index (κ3) is 5.42. The Morgan fingerprint density at radius 3 is 2.13 bits per heavy atom. The van der Waals surface area contributed by atoms with Gasteiger partial charge in [0.05, 0.1) is 13.3 Å². The molecule has 47 heavy (non-hydrogen) atoms. The third-order valence-electron chi connectivity index (χ3n) is 10.7. The number of hydrogen-bond donors (Lipinski definition) is 0. The monoisotopic (exact) mass is 618 g/mol. The summed E-state index contributed by atoms with van der Waals surface area (Å²) in [5, 5.41) is 0. The van der Waals surface area contributed by atoms with E-state index in [2.05, 4.69) is 170 Å². The van der Waals surface area contributed by atoms with Crippen LogP contribution in [-0.4, -0.2) is 53.8 Å². The van der Waals surface area contributed by atoms with Crippen LogP contribution in [-0.2, 0) is 12.8 Å². The summed E-state index contributed by atoms with van der Waals surface area (Å²) in [6, 6.07) is 38.1. The number of fused-ring (bicyclic) bond motifs is 5. The van der Waals surface area contributed by atoms with Gasteiger partial charge in [0.25, 0.3) is 0 Å². The average molecular weight is 619 g/mol. The summed E-state index contributed by atoms with van der Waals surface area (Å²) in [4.78, 5) is 14.8. The number of nitrogens with zero attached hydrogens (tertiary/aromatic N) is 6. The third-order valence-corrected chi connectivity index (χ3v) is 10.7. The number of para-hydroxylation sites is 3. The van der Waals surface area contributed by atoms with Crippen molar-refractivity contribution in [3.8, 4) is 0 Å². The number of anilines is 3. The van der Waals surface area contributed by atoms with Gasteiger partial charge in [-0.15, -0.1) is 0 Å². The maximum absolute atomic E-state index is 2.61. The zero-order valence-electron chi connectivity index (χ0n) is 26.9. The Hall–Kier alpha value is -5.10. The van der Waals surface area contributed by atoms with Crippen molar-refractivity contribution in [3.05, 3.63) is 163 Å². The van der Waals surface area contributed by atoms with Crippen molar-refractivity contribution in [2.24, 2.45) is 0 Å². The minimum absolute atomic E-state index is 0.306.